The highest BCUT2D eigenvalue weighted by Gasteiger charge is 2.50. The molecule has 6 heterocycles. The van der Waals surface area contributed by atoms with E-state index in [9.17, 15) is 28.8 Å². The van der Waals surface area contributed by atoms with Crippen LogP contribution in [0.4, 0.5) is 23.1 Å². The van der Waals surface area contributed by atoms with Gasteiger partial charge in [-0.15, -0.1) is 0 Å². The summed E-state index contributed by atoms with van der Waals surface area (Å²) in [6, 6.07) is 12.1. The van der Waals surface area contributed by atoms with E-state index in [-0.39, 0.29) is 65.3 Å². The minimum Gasteiger partial charge on any atom is -0.478 e. The molecule has 1 unspecified atom stereocenters. The van der Waals surface area contributed by atoms with Crippen molar-refractivity contribution in [2.24, 2.45) is 11.3 Å². The van der Waals surface area contributed by atoms with Crippen molar-refractivity contribution in [2.45, 2.75) is 71.0 Å². The molecule has 2 aromatic heterocycles. The molecule has 17 nitrogen and oxygen atoms in total. The number of ether oxygens (including phenoxy) is 1. The summed E-state index contributed by atoms with van der Waals surface area (Å²) in [6.45, 7) is 7.88. The van der Waals surface area contributed by atoms with Gasteiger partial charge < -0.3 is 39.5 Å². The average molecular weight is 879 g/mol. The molecule has 330 valence electrons. The first-order chi connectivity index (χ1) is 30.3. The van der Waals surface area contributed by atoms with Crippen molar-refractivity contribution in [1.82, 2.24) is 35.0 Å². The minimum atomic E-state index is -0.664. The van der Waals surface area contributed by atoms with E-state index in [1.54, 1.807) is 27.8 Å². The van der Waals surface area contributed by atoms with Crippen LogP contribution in [-0.4, -0.2) is 113 Å². The lowest BCUT2D eigenvalue weighted by Crippen LogP contribution is -2.55. The van der Waals surface area contributed by atoms with Crippen LogP contribution in [0, 0.1) is 11.3 Å². The van der Waals surface area contributed by atoms with Crippen LogP contribution < -0.4 is 36.0 Å². The highest BCUT2D eigenvalue weighted by Crippen LogP contribution is 2.53. The van der Waals surface area contributed by atoms with Crippen molar-refractivity contribution in [2.75, 3.05) is 68.0 Å². The zero-order chi connectivity index (χ0) is 44.2. The number of imide groups is 1. The third kappa shape index (κ3) is 8.02. The highest BCUT2D eigenvalue weighted by molar-refractivity contribution is 6.33. The monoisotopic (exact) mass is 878 g/mol. The number of likely N-dealkylation sites (N-methyl/N-ethyl adjacent to an activating group) is 1. The Hall–Kier alpha value is -6.23. The van der Waals surface area contributed by atoms with E-state index in [0.717, 1.165) is 60.9 Å². The predicted molar refractivity (Wildman–Crippen MR) is 236 cm³/mol. The Kier molecular flexibility index (Phi) is 11.2. The van der Waals surface area contributed by atoms with Gasteiger partial charge in [0.2, 0.25) is 23.7 Å². The molecule has 18 heteroatoms. The molecule has 0 radical (unpaired) electrons. The van der Waals surface area contributed by atoms with Gasteiger partial charge in [-0.05, 0) is 87.8 Å². The van der Waals surface area contributed by atoms with Gasteiger partial charge in [-0.25, -0.2) is 4.98 Å². The molecule has 2 aromatic carbocycles. The van der Waals surface area contributed by atoms with E-state index in [0.29, 0.717) is 67.2 Å². The quantitative estimate of drug-likeness (QED) is 0.195. The molecule has 1 spiro atoms. The van der Waals surface area contributed by atoms with E-state index in [2.05, 4.69) is 30.7 Å². The molecule has 4 aromatic rings. The number of carbonyl (C=O) groups excluding carboxylic acids is 5. The number of carbonyl (C=O) groups is 5. The van der Waals surface area contributed by atoms with Gasteiger partial charge in [-0.1, -0.05) is 17.7 Å². The lowest BCUT2D eigenvalue weighted by Gasteiger charge is -2.52. The maximum absolute atomic E-state index is 13.8. The Morgan fingerprint density at radius 1 is 0.984 bits per heavy atom. The third-order valence-corrected chi connectivity index (χ3v) is 13.7. The number of piperidine rings is 2. The number of halogens is 1. The second kappa shape index (κ2) is 16.8. The molecule has 4 aliphatic heterocycles. The van der Waals surface area contributed by atoms with Crippen molar-refractivity contribution in [3.8, 4) is 5.75 Å². The van der Waals surface area contributed by atoms with Crippen LogP contribution in [0.15, 0.2) is 53.5 Å². The van der Waals surface area contributed by atoms with Gasteiger partial charge in [0.1, 0.15) is 11.1 Å². The Balaban J connectivity index is 0.787. The zero-order valence-corrected chi connectivity index (χ0v) is 36.4. The summed E-state index contributed by atoms with van der Waals surface area (Å²) in [5, 5.41) is 9.29. The Morgan fingerprint density at radius 3 is 2.46 bits per heavy atom. The summed E-state index contributed by atoms with van der Waals surface area (Å²) >= 11 is 6.61. The molecular formula is C45H51ClN10O7. The summed E-state index contributed by atoms with van der Waals surface area (Å²) < 4.78 is 7.26. The second-order valence-corrected chi connectivity index (χ2v) is 18.0. The molecule has 3 saturated heterocycles. The second-order valence-electron chi connectivity index (χ2n) is 17.6. The number of amides is 5. The normalized spacial score (nSPS) is 20.0. The van der Waals surface area contributed by atoms with E-state index in [1.165, 1.54) is 7.05 Å². The summed E-state index contributed by atoms with van der Waals surface area (Å²) in [7, 11) is 1.51. The first kappa shape index (κ1) is 42.1. The van der Waals surface area contributed by atoms with Crippen LogP contribution in [-0.2, 0) is 25.7 Å². The van der Waals surface area contributed by atoms with Crippen molar-refractivity contribution < 1.29 is 28.7 Å². The summed E-state index contributed by atoms with van der Waals surface area (Å²) in [5.74, 6) is 0.0482. The zero-order valence-electron chi connectivity index (χ0n) is 35.6. The largest absolute Gasteiger partial charge is 0.478 e. The SMILES string of the molecule is CNC(=O)COc1cc2cc(Nc3nc(N4CCC5(CC4)CC(C(=O)N4CCN(c6cccc7c6CN(C6CCC(=O)NC6=O)C7=O)CC4)C5)ncc3Cl)ccc2n(C(C)C)c1=O. The molecule has 4 fully saturated rings. The van der Waals surface area contributed by atoms with Gasteiger partial charge in [-0.2, -0.15) is 4.98 Å². The molecule has 3 N–H and O–H groups in total. The van der Waals surface area contributed by atoms with Gasteiger partial charge in [0, 0.05) is 99.1 Å². The first-order valence-corrected chi connectivity index (χ1v) is 22.1. The minimum absolute atomic E-state index is 0.00189. The number of aromatic nitrogens is 3. The van der Waals surface area contributed by atoms with Crippen LogP contribution in [0.25, 0.3) is 10.9 Å². The number of hydrogen-bond donors (Lipinski definition) is 3. The number of nitrogens with one attached hydrogen (secondary N) is 3. The Labute approximate surface area is 369 Å². The lowest BCUT2D eigenvalue weighted by atomic mass is 9.57. The topological polar surface area (TPSA) is 191 Å². The van der Waals surface area contributed by atoms with Gasteiger partial charge in [0.15, 0.2) is 18.2 Å². The smallest absolute Gasteiger partial charge is 0.293 e. The van der Waals surface area contributed by atoms with E-state index >= 15 is 0 Å². The van der Waals surface area contributed by atoms with Crippen molar-refractivity contribution >= 4 is 75.2 Å². The lowest BCUT2D eigenvalue weighted by molar-refractivity contribution is -0.145. The Morgan fingerprint density at radius 2 is 1.75 bits per heavy atom. The van der Waals surface area contributed by atoms with Crippen LogP contribution in [0.1, 0.15) is 74.3 Å². The third-order valence-electron chi connectivity index (χ3n) is 13.5. The van der Waals surface area contributed by atoms with Gasteiger partial charge >= 0.3 is 0 Å². The van der Waals surface area contributed by atoms with Gasteiger partial charge in [0.05, 0.1) is 11.7 Å². The van der Waals surface area contributed by atoms with Gasteiger partial charge in [-0.3, -0.25) is 34.1 Å². The number of anilines is 4. The van der Waals surface area contributed by atoms with E-state index < -0.39 is 11.9 Å². The number of nitrogens with zero attached hydrogens (tertiary/aromatic N) is 7. The molecule has 0 bridgehead atoms. The summed E-state index contributed by atoms with van der Waals surface area (Å²) in [6.07, 6.45) is 5.71. The van der Waals surface area contributed by atoms with Crippen molar-refractivity contribution in [3.05, 3.63) is 75.2 Å². The molecule has 1 aliphatic carbocycles. The molecule has 1 atom stereocenters. The van der Waals surface area contributed by atoms with Crippen molar-refractivity contribution in [1.29, 1.82) is 0 Å². The van der Waals surface area contributed by atoms with Crippen LogP contribution >= 0.6 is 11.6 Å². The molecule has 5 amide bonds. The first-order valence-electron chi connectivity index (χ1n) is 21.7. The maximum atomic E-state index is 13.8. The van der Waals surface area contributed by atoms with Crippen LogP contribution in [0.2, 0.25) is 5.02 Å². The number of benzene rings is 2. The van der Waals surface area contributed by atoms with Crippen molar-refractivity contribution in [3.63, 3.8) is 0 Å². The van der Waals surface area contributed by atoms with E-state index in [4.69, 9.17) is 21.3 Å². The predicted octanol–water partition coefficient (Wildman–Crippen LogP) is 4.00. The average Bonchev–Trinajstić information content (AvgIpc) is 3.60. The molecule has 9 rings (SSSR count). The fourth-order valence-corrected chi connectivity index (χ4v) is 10.1. The Bertz CT molecular complexity index is 2570. The molecule has 63 heavy (non-hydrogen) atoms. The fraction of sp³-hybridized carbons (Fsp3) is 0.467. The summed E-state index contributed by atoms with van der Waals surface area (Å²) in [5.41, 5.74) is 3.65. The van der Waals surface area contributed by atoms with Crippen LogP contribution in [0.3, 0.4) is 0 Å². The highest BCUT2D eigenvalue weighted by atomic mass is 35.5. The maximum Gasteiger partial charge on any atom is 0.293 e. The number of fused-ring (bicyclic) bond motifs is 2. The van der Waals surface area contributed by atoms with E-state index in [1.807, 2.05) is 49.1 Å². The molecular weight excluding hydrogens is 828 g/mol. The number of hydrogen-bond acceptors (Lipinski definition) is 12. The summed E-state index contributed by atoms with van der Waals surface area (Å²) in [4.78, 5) is 93.9. The fourth-order valence-electron chi connectivity index (χ4n) is 10.0. The van der Waals surface area contributed by atoms with Crippen LogP contribution in [0.5, 0.6) is 5.75 Å². The standard InChI is InChI=1S/C45H51ClN10O7/c1-26(2)56-33-8-7-29(19-27(33)20-36(43(56)62)63-25-38(58)47-3)49-39-32(46)23-48-44(51-39)54-13-11-45(12-14-54)21-28(22-45)41(60)53-17-15-52(16-18-53)34-6-4-5-30-31(34)24-55(42(30)61)35-9-10-37(57)50-40(35)59/h4-8,19-20,23,26,28,35H,9-18,21-22,24-25H2,1-3H3,(H,47,58)(H,48,49,51)(H,50,57,59). The molecule has 5 aliphatic rings. The molecule has 1 saturated carbocycles. The number of pyridine rings is 1. The number of piperazine rings is 1. The van der Waals surface area contributed by atoms with Gasteiger partial charge in [0.25, 0.3) is 17.4 Å². The number of rotatable bonds is 10.